The highest BCUT2D eigenvalue weighted by Crippen LogP contribution is 2.30. The second-order valence-electron chi connectivity index (χ2n) is 5.71. The Morgan fingerprint density at radius 2 is 1.82 bits per heavy atom. The van der Waals surface area contributed by atoms with Crippen LogP contribution in [0.2, 0.25) is 5.02 Å². The van der Waals surface area contributed by atoms with Gasteiger partial charge in [0.05, 0.1) is 10.6 Å². The molecule has 0 saturated carbocycles. The van der Waals surface area contributed by atoms with Crippen molar-refractivity contribution >= 4 is 41.1 Å². The van der Waals surface area contributed by atoms with Gasteiger partial charge >= 0.3 is 12.0 Å². The molecule has 0 aliphatic rings. The summed E-state index contributed by atoms with van der Waals surface area (Å²) < 4.78 is 0. The zero-order valence-electron chi connectivity index (χ0n) is 14.6. The third-order valence-electron chi connectivity index (χ3n) is 3.95. The minimum atomic E-state index is -2.50. The van der Waals surface area contributed by atoms with Gasteiger partial charge < -0.3 is 21.3 Å². The lowest BCUT2D eigenvalue weighted by atomic mass is 10.0. The molecule has 148 valence electrons. The first-order valence-electron chi connectivity index (χ1n) is 7.93. The van der Waals surface area contributed by atoms with E-state index >= 15 is 0 Å². The van der Waals surface area contributed by atoms with Gasteiger partial charge in [0.15, 0.2) is 0 Å². The van der Waals surface area contributed by atoms with Crippen LogP contribution in [-0.4, -0.2) is 51.6 Å². The second kappa shape index (κ2) is 8.47. The van der Waals surface area contributed by atoms with Crippen LogP contribution >= 0.6 is 23.2 Å². The maximum atomic E-state index is 12.9. The molecule has 8 nitrogen and oxygen atoms in total. The van der Waals surface area contributed by atoms with E-state index in [0.29, 0.717) is 16.0 Å². The van der Waals surface area contributed by atoms with Gasteiger partial charge in [0.25, 0.3) is 5.91 Å². The number of hydrogen-bond donors (Lipinski definition) is 4. The molecule has 28 heavy (non-hydrogen) atoms. The molecular weight excluding hydrogens is 409 g/mol. The van der Waals surface area contributed by atoms with E-state index in [2.05, 4.69) is 5.32 Å². The van der Waals surface area contributed by atoms with Crippen molar-refractivity contribution in [2.45, 2.75) is 5.00 Å². The van der Waals surface area contributed by atoms with Gasteiger partial charge in [-0.1, -0.05) is 41.4 Å². The van der Waals surface area contributed by atoms with Gasteiger partial charge in [0.2, 0.25) is 5.00 Å². The highest BCUT2D eigenvalue weighted by Gasteiger charge is 2.48. The quantitative estimate of drug-likeness (QED) is 0.429. The number of nitrogens with two attached hydrogens (primary N) is 1. The van der Waals surface area contributed by atoms with Crippen LogP contribution in [-0.2, 0) is 4.79 Å². The van der Waals surface area contributed by atoms with Gasteiger partial charge in [-0.05, 0) is 35.4 Å². The molecule has 0 unspecified atom stereocenters. The summed E-state index contributed by atoms with van der Waals surface area (Å²) in [6, 6.07) is 9.64. The van der Waals surface area contributed by atoms with Crippen LogP contribution in [0.15, 0.2) is 42.5 Å². The molecule has 0 saturated heterocycles. The van der Waals surface area contributed by atoms with E-state index in [0.717, 1.165) is 0 Å². The van der Waals surface area contributed by atoms with E-state index in [1.807, 2.05) is 0 Å². The van der Waals surface area contributed by atoms with E-state index < -0.39 is 29.5 Å². The standard InChI is InChI=1S/C18H17Cl2N3O5/c1-22-17(28)23(18(20,9-21)16(26)27)15(25)13-6-5-11(8-14(13)19)10-3-2-4-12(24)7-10/h2-8,24H,9,21H2,1H3,(H,22,28)(H,26,27)/t18-/m0/s1. The molecule has 5 N–H and O–H groups in total. The molecule has 0 aromatic heterocycles. The van der Waals surface area contributed by atoms with Crippen LogP contribution < -0.4 is 11.1 Å². The Labute approximate surface area is 170 Å². The molecule has 2 rings (SSSR count). The molecule has 0 spiro atoms. The lowest BCUT2D eigenvalue weighted by Gasteiger charge is -2.33. The molecule has 0 aliphatic carbocycles. The number of aliphatic carboxylic acids is 1. The molecule has 0 heterocycles. The summed E-state index contributed by atoms with van der Waals surface area (Å²) in [7, 11) is 1.21. The van der Waals surface area contributed by atoms with Crippen molar-refractivity contribution in [3.05, 3.63) is 53.1 Å². The number of rotatable bonds is 5. The molecule has 2 aromatic rings. The number of imide groups is 1. The molecule has 0 bridgehead atoms. The second-order valence-corrected chi connectivity index (χ2v) is 6.74. The summed E-state index contributed by atoms with van der Waals surface area (Å²) in [6.07, 6.45) is 0. The number of aromatic hydroxyl groups is 1. The summed E-state index contributed by atoms with van der Waals surface area (Å²) in [6.45, 7) is -0.720. The topological polar surface area (TPSA) is 133 Å². The molecule has 0 radical (unpaired) electrons. The Hall–Kier alpha value is -2.81. The number of amides is 3. The minimum absolute atomic E-state index is 0.0406. The Balaban J connectivity index is 2.51. The van der Waals surface area contributed by atoms with Crippen LogP contribution in [0, 0.1) is 0 Å². The van der Waals surface area contributed by atoms with Crippen molar-refractivity contribution < 1.29 is 24.6 Å². The molecule has 0 aliphatic heterocycles. The predicted octanol–water partition coefficient (Wildman–Crippen LogP) is 2.47. The first-order valence-corrected chi connectivity index (χ1v) is 8.69. The summed E-state index contributed by atoms with van der Waals surface area (Å²) in [5.74, 6) is -2.65. The molecule has 10 heteroatoms. The number of carboxylic acids is 1. The number of urea groups is 1. The number of carboxylic acid groups (broad SMARTS) is 1. The summed E-state index contributed by atoms with van der Waals surface area (Å²) in [5, 5.41) is 21.1. The van der Waals surface area contributed by atoms with Crippen LogP contribution in [0.1, 0.15) is 10.4 Å². The molecule has 3 amide bonds. The van der Waals surface area contributed by atoms with Gasteiger partial charge in [-0.15, -0.1) is 0 Å². The Morgan fingerprint density at radius 3 is 2.32 bits per heavy atom. The minimum Gasteiger partial charge on any atom is -0.508 e. The number of halogens is 2. The zero-order valence-corrected chi connectivity index (χ0v) is 16.2. The van der Waals surface area contributed by atoms with Crippen LogP contribution in [0.4, 0.5) is 4.79 Å². The number of nitrogens with zero attached hydrogens (tertiary/aromatic N) is 1. The van der Waals surface area contributed by atoms with Crippen molar-refractivity contribution in [2.75, 3.05) is 13.6 Å². The SMILES string of the molecule is CNC(=O)N(C(=O)c1ccc(-c2cccc(O)c2)cc1Cl)[C@@](Cl)(CN)C(=O)O. The van der Waals surface area contributed by atoms with E-state index in [1.165, 1.54) is 37.4 Å². The van der Waals surface area contributed by atoms with Crippen LogP contribution in [0.25, 0.3) is 11.1 Å². The lowest BCUT2D eigenvalue weighted by molar-refractivity contribution is -0.143. The van der Waals surface area contributed by atoms with Crippen molar-refractivity contribution in [3.8, 4) is 16.9 Å². The predicted molar refractivity (Wildman–Crippen MR) is 104 cm³/mol. The summed E-state index contributed by atoms with van der Waals surface area (Å²) >= 11 is 12.2. The normalized spacial score (nSPS) is 12.7. The highest BCUT2D eigenvalue weighted by molar-refractivity contribution is 6.38. The summed E-state index contributed by atoms with van der Waals surface area (Å²) in [4.78, 5) is 34.5. The number of alkyl halides is 1. The lowest BCUT2D eigenvalue weighted by Crippen LogP contribution is -2.61. The Kier molecular flexibility index (Phi) is 6.50. The monoisotopic (exact) mass is 425 g/mol. The average molecular weight is 426 g/mol. The first-order chi connectivity index (χ1) is 13.2. The Morgan fingerprint density at radius 1 is 1.18 bits per heavy atom. The zero-order chi connectivity index (χ0) is 21.1. The van der Waals surface area contributed by atoms with E-state index in [1.54, 1.807) is 12.1 Å². The summed E-state index contributed by atoms with van der Waals surface area (Å²) in [5.41, 5.74) is 6.52. The van der Waals surface area contributed by atoms with Gasteiger partial charge in [-0.2, -0.15) is 0 Å². The molecule has 0 fully saturated rings. The van der Waals surface area contributed by atoms with E-state index in [4.69, 9.17) is 28.9 Å². The average Bonchev–Trinajstić information content (AvgIpc) is 2.67. The van der Waals surface area contributed by atoms with Gasteiger partial charge in [-0.3, -0.25) is 4.79 Å². The van der Waals surface area contributed by atoms with Gasteiger partial charge in [0.1, 0.15) is 5.75 Å². The van der Waals surface area contributed by atoms with Gasteiger partial charge in [0, 0.05) is 13.6 Å². The fourth-order valence-electron chi connectivity index (χ4n) is 2.47. The number of phenols is 1. The van der Waals surface area contributed by atoms with Crippen molar-refractivity contribution in [1.82, 2.24) is 10.2 Å². The van der Waals surface area contributed by atoms with Crippen LogP contribution in [0.5, 0.6) is 5.75 Å². The van der Waals surface area contributed by atoms with Gasteiger partial charge in [-0.25, -0.2) is 14.5 Å². The third-order valence-corrected chi connectivity index (χ3v) is 4.75. The fourth-order valence-corrected chi connectivity index (χ4v) is 2.89. The maximum absolute atomic E-state index is 12.9. The number of nitrogens with one attached hydrogen (secondary N) is 1. The molecule has 2 aromatic carbocycles. The smallest absolute Gasteiger partial charge is 0.347 e. The van der Waals surface area contributed by atoms with Crippen molar-refractivity contribution in [2.24, 2.45) is 5.73 Å². The molecule has 1 atom stereocenters. The van der Waals surface area contributed by atoms with E-state index in [-0.39, 0.29) is 16.3 Å². The Bertz CT molecular complexity index is 937. The largest absolute Gasteiger partial charge is 0.508 e. The van der Waals surface area contributed by atoms with E-state index in [9.17, 15) is 24.6 Å². The van der Waals surface area contributed by atoms with Crippen molar-refractivity contribution in [1.29, 1.82) is 0 Å². The fraction of sp³-hybridized carbons (Fsp3) is 0.167. The molecular formula is C18H17Cl2N3O5. The highest BCUT2D eigenvalue weighted by atomic mass is 35.5. The number of carbonyl (C=O) groups excluding carboxylic acids is 2. The van der Waals surface area contributed by atoms with Crippen LogP contribution in [0.3, 0.4) is 0 Å². The maximum Gasteiger partial charge on any atom is 0.347 e. The van der Waals surface area contributed by atoms with Crippen molar-refractivity contribution in [3.63, 3.8) is 0 Å². The number of carbonyl (C=O) groups is 3. The number of hydrogen-bond acceptors (Lipinski definition) is 5. The number of phenolic OH excluding ortho intramolecular Hbond substituents is 1. The first kappa shape index (κ1) is 21.5. The number of benzene rings is 2. The third kappa shape index (κ3) is 4.04.